The minimum Gasteiger partial charge on any atom is -0.446 e. The largest absolute Gasteiger partial charge is 0.532 e. The van der Waals surface area contributed by atoms with E-state index in [4.69, 9.17) is 18.3 Å². The molecule has 4 aliphatic rings. The van der Waals surface area contributed by atoms with Gasteiger partial charge in [-0.25, -0.2) is 18.1 Å². The summed E-state index contributed by atoms with van der Waals surface area (Å²) >= 11 is 0. The summed E-state index contributed by atoms with van der Waals surface area (Å²) in [5, 5.41) is 11.6. The number of aliphatic hydroxyl groups is 1. The van der Waals surface area contributed by atoms with Crippen LogP contribution >= 0.6 is 7.82 Å². The Labute approximate surface area is 233 Å². The molecule has 4 rings (SSSR count). The number of halogens is 2. The molecule has 3 saturated carbocycles. The molecule has 0 aromatic heterocycles. The number of aliphatic hydroxyl groups excluding tert-OH is 1. The van der Waals surface area contributed by atoms with Crippen molar-refractivity contribution in [3.8, 4) is 0 Å². The van der Waals surface area contributed by atoms with Gasteiger partial charge in [-0.3, -0.25) is 18.6 Å². The van der Waals surface area contributed by atoms with Crippen LogP contribution in [0.25, 0.3) is 0 Å². The average molecular weight is 589 g/mol. The van der Waals surface area contributed by atoms with E-state index in [1.807, 2.05) is 0 Å². The van der Waals surface area contributed by atoms with Crippen molar-refractivity contribution in [1.82, 2.24) is 0 Å². The highest BCUT2D eigenvalue weighted by Crippen LogP contribution is 2.72. The summed E-state index contributed by atoms with van der Waals surface area (Å²) in [5.74, 6) is -5.05. The molecule has 0 amide bonds. The molecule has 0 bridgehead atoms. The van der Waals surface area contributed by atoms with Crippen LogP contribution in [0.1, 0.15) is 67.2 Å². The summed E-state index contributed by atoms with van der Waals surface area (Å²) in [6.07, 6.45) is -0.465. The first kappa shape index (κ1) is 31.0. The molecule has 0 saturated heterocycles. The Morgan fingerprint density at radius 3 is 2.33 bits per heavy atom. The van der Waals surface area contributed by atoms with Crippen molar-refractivity contribution in [3.63, 3.8) is 0 Å². The maximum Gasteiger partial charge on any atom is 0.532 e. The first-order valence-electron chi connectivity index (χ1n) is 13.9. The molecule has 4 aliphatic carbocycles. The lowest BCUT2D eigenvalue weighted by Crippen LogP contribution is -2.71. The normalized spacial score (nSPS) is 42.4. The second kappa shape index (κ2) is 10.4. The minimum absolute atomic E-state index is 0.0232. The van der Waals surface area contributed by atoms with Crippen LogP contribution in [0.4, 0.5) is 8.78 Å². The standard InChI is InChI=1S/C28H39F2O9P/c1-7-23(33)38-28(24(34)39-40(35,36-8-2)37-9-3)16(4)12-18-19-14-21(29)20-13-17(31)10-11-25(20,5)27(19,30)22(32)15-26(18,28)6/h10-11,13,16,18-19,21-22,32H,7-9,12,14-15H2,1-6H3/t16-,18+,19+,21+,22+,25+,26+,27+,28+/m1/s1. The predicted octanol–water partition coefficient (Wildman–Crippen LogP) is 4.97. The maximum atomic E-state index is 17.5. The third kappa shape index (κ3) is 4.17. The number of ketones is 1. The van der Waals surface area contributed by atoms with Crippen molar-refractivity contribution in [3.05, 3.63) is 23.8 Å². The number of rotatable bonds is 8. The van der Waals surface area contributed by atoms with E-state index in [0.29, 0.717) is 0 Å². The van der Waals surface area contributed by atoms with Gasteiger partial charge in [-0.05, 0) is 63.7 Å². The number of carbonyl (C=O) groups excluding carboxylic acids is 3. The lowest BCUT2D eigenvalue weighted by Gasteiger charge is -2.63. The molecule has 0 unspecified atom stereocenters. The molecule has 0 heterocycles. The van der Waals surface area contributed by atoms with Crippen LogP contribution in [0.3, 0.4) is 0 Å². The van der Waals surface area contributed by atoms with Crippen molar-refractivity contribution in [1.29, 1.82) is 0 Å². The average Bonchev–Trinajstić information content (AvgIpc) is 3.09. The van der Waals surface area contributed by atoms with E-state index in [-0.39, 0.29) is 44.5 Å². The van der Waals surface area contributed by atoms with Crippen molar-refractivity contribution in [2.45, 2.75) is 90.8 Å². The number of phosphoric acid groups is 1. The number of allylic oxidation sites excluding steroid dienone is 4. The van der Waals surface area contributed by atoms with Gasteiger partial charge in [-0.2, -0.15) is 0 Å². The third-order valence-electron chi connectivity index (χ3n) is 9.80. The maximum absolute atomic E-state index is 17.5. The van der Waals surface area contributed by atoms with Crippen molar-refractivity contribution >= 4 is 25.5 Å². The third-order valence-corrected chi connectivity index (χ3v) is 11.3. The summed E-state index contributed by atoms with van der Waals surface area (Å²) in [6.45, 7) is 9.11. The van der Waals surface area contributed by atoms with E-state index in [1.165, 1.54) is 39.8 Å². The van der Waals surface area contributed by atoms with Gasteiger partial charge in [-0.15, -0.1) is 0 Å². The molecule has 0 spiro atoms. The minimum atomic E-state index is -4.42. The number of phosphoric ester groups is 1. The number of hydrogen-bond donors (Lipinski definition) is 1. The molecule has 12 heteroatoms. The lowest BCUT2D eigenvalue weighted by atomic mass is 9.44. The zero-order valence-electron chi connectivity index (χ0n) is 23.8. The molecule has 3 fully saturated rings. The van der Waals surface area contributed by atoms with E-state index in [1.54, 1.807) is 13.8 Å². The van der Waals surface area contributed by atoms with Gasteiger partial charge >= 0.3 is 19.8 Å². The van der Waals surface area contributed by atoms with Gasteiger partial charge in [-0.1, -0.05) is 26.8 Å². The van der Waals surface area contributed by atoms with Gasteiger partial charge in [0.25, 0.3) is 0 Å². The molecule has 0 aliphatic heterocycles. The monoisotopic (exact) mass is 588 g/mol. The van der Waals surface area contributed by atoms with Crippen molar-refractivity contribution in [2.24, 2.45) is 28.6 Å². The summed E-state index contributed by atoms with van der Waals surface area (Å²) in [6, 6.07) is 0. The van der Waals surface area contributed by atoms with Gasteiger partial charge in [0.05, 0.1) is 19.3 Å². The van der Waals surface area contributed by atoms with E-state index < -0.39 is 77.7 Å². The summed E-state index contributed by atoms with van der Waals surface area (Å²) < 4.78 is 68.0. The van der Waals surface area contributed by atoms with Crippen LogP contribution in [0, 0.1) is 28.6 Å². The molecule has 224 valence electrons. The van der Waals surface area contributed by atoms with Gasteiger partial charge in [0.15, 0.2) is 11.5 Å². The predicted molar refractivity (Wildman–Crippen MR) is 139 cm³/mol. The molecule has 0 radical (unpaired) electrons. The fourth-order valence-electron chi connectivity index (χ4n) is 8.05. The zero-order valence-corrected chi connectivity index (χ0v) is 24.7. The van der Waals surface area contributed by atoms with Gasteiger partial charge in [0.1, 0.15) is 6.17 Å². The fraction of sp³-hybridized carbons (Fsp3) is 0.750. The van der Waals surface area contributed by atoms with E-state index in [0.717, 1.165) is 6.08 Å². The first-order chi connectivity index (χ1) is 18.6. The Kier molecular flexibility index (Phi) is 8.06. The molecular weight excluding hydrogens is 549 g/mol. The molecule has 9 atom stereocenters. The van der Waals surface area contributed by atoms with Crippen molar-refractivity contribution in [2.75, 3.05) is 13.2 Å². The number of esters is 1. The highest BCUT2D eigenvalue weighted by Gasteiger charge is 2.79. The first-order valence-corrected chi connectivity index (χ1v) is 15.4. The molecule has 0 aromatic carbocycles. The Balaban J connectivity index is 1.85. The quantitative estimate of drug-likeness (QED) is 0.309. The highest BCUT2D eigenvalue weighted by atomic mass is 31.2. The van der Waals surface area contributed by atoms with Crippen LogP contribution in [-0.2, 0) is 37.3 Å². The Hall–Kier alpha value is -1.94. The molecule has 1 N–H and O–H groups in total. The molecule has 9 nitrogen and oxygen atoms in total. The topological polar surface area (TPSA) is 125 Å². The SMILES string of the molecule is CCOP(=O)(OCC)OC(=O)[C@@]1(OC(=O)CC)[C@H](C)C[C@H]2[C@@H]3C[C@H](F)C4=CC(=O)C=C[C@]4(C)[C@@]3(F)[C@@H](O)C[C@@]21C. The Morgan fingerprint density at radius 1 is 1.12 bits per heavy atom. The second-order valence-corrected chi connectivity index (χ2v) is 13.3. The zero-order chi connectivity index (χ0) is 29.9. The summed E-state index contributed by atoms with van der Waals surface area (Å²) in [4.78, 5) is 38.9. The van der Waals surface area contributed by atoms with Crippen LogP contribution in [0.5, 0.6) is 0 Å². The highest BCUT2D eigenvalue weighted by molar-refractivity contribution is 7.49. The van der Waals surface area contributed by atoms with Crippen LogP contribution in [0.15, 0.2) is 23.8 Å². The van der Waals surface area contributed by atoms with Gasteiger partial charge in [0, 0.05) is 29.1 Å². The molecule has 0 aromatic rings. The fourth-order valence-corrected chi connectivity index (χ4v) is 9.20. The lowest BCUT2D eigenvalue weighted by molar-refractivity contribution is -0.236. The number of fused-ring (bicyclic) bond motifs is 5. The second-order valence-electron chi connectivity index (χ2n) is 11.7. The number of ether oxygens (including phenoxy) is 1. The van der Waals surface area contributed by atoms with E-state index >= 15 is 8.78 Å². The Morgan fingerprint density at radius 2 is 1.75 bits per heavy atom. The molecule has 40 heavy (non-hydrogen) atoms. The van der Waals surface area contributed by atoms with E-state index in [2.05, 4.69) is 0 Å². The summed E-state index contributed by atoms with van der Waals surface area (Å²) in [5.41, 5.74) is -7.56. The summed E-state index contributed by atoms with van der Waals surface area (Å²) in [7, 11) is -4.42. The molecular formula is C28H39F2O9P. The number of hydrogen-bond acceptors (Lipinski definition) is 9. The van der Waals surface area contributed by atoms with Gasteiger partial charge < -0.3 is 14.4 Å². The van der Waals surface area contributed by atoms with Gasteiger partial charge in [0.2, 0.25) is 5.60 Å². The smallest absolute Gasteiger partial charge is 0.446 e. The number of alkyl halides is 2. The van der Waals surface area contributed by atoms with Crippen LogP contribution in [0.2, 0.25) is 0 Å². The number of carbonyl (C=O) groups is 3. The Bertz CT molecular complexity index is 1180. The van der Waals surface area contributed by atoms with Crippen molar-refractivity contribution < 1.29 is 51.1 Å². The van der Waals surface area contributed by atoms with Crippen LogP contribution < -0.4 is 0 Å². The van der Waals surface area contributed by atoms with E-state index in [9.17, 15) is 24.1 Å². The van der Waals surface area contributed by atoms with Crippen LogP contribution in [-0.4, -0.2) is 59.6 Å².